The molecular formula is C36H25N3O. The lowest BCUT2D eigenvalue weighted by Gasteiger charge is -2.23. The van der Waals surface area contributed by atoms with Gasteiger partial charge >= 0.3 is 0 Å². The molecule has 8 rings (SSSR count). The zero-order valence-corrected chi connectivity index (χ0v) is 22.2. The van der Waals surface area contributed by atoms with Gasteiger partial charge in [-0.15, -0.1) is 0 Å². The molecule has 0 fully saturated rings. The molecule has 1 aliphatic carbocycles. The molecule has 0 N–H and O–H groups in total. The molecule has 0 bridgehead atoms. The van der Waals surface area contributed by atoms with Crippen LogP contribution in [-0.2, 0) is 5.41 Å². The van der Waals surface area contributed by atoms with E-state index in [9.17, 15) is 0 Å². The van der Waals surface area contributed by atoms with Gasteiger partial charge in [-0.2, -0.15) is 0 Å². The van der Waals surface area contributed by atoms with Crippen LogP contribution >= 0.6 is 0 Å². The SMILES string of the molecule is CC1(C)c2ccccc2-c2nc(-c3ccc(-c4cccc5c4oc4ccccc45)cc3)nc(-c3ccccn3)c21. The molecule has 4 nitrogen and oxygen atoms in total. The number of nitrogens with zero attached hydrogens (tertiary/aromatic N) is 3. The van der Waals surface area contributed by atoms with E-state index in [4.69, 9.17) is 14.4 Å². The number of benzene rings is 4. The molecule has 190 valence electrons. The summed E-state index contributed by atoms with van der Waals surface area (Å²) in [6.07, 6.45) is 1.83. The standard InChI is InChI=1S/C36H25N3O/c1-36(2)28-14-5-3-11-27(28)32-31(36)33(29-15-7-8-21-37-29)39-35(38-32)23-19-17-22(18-20-23)24-12-9-13-26-25-10-4-6-16-30(25)40-34(24)26/h3-21H,1-2H3. The molecule has 4 heteroatoms. The Morgan fingerprint density at radius 1 is 0.600 bits per heavy atom. The molecule has 0 aliphatic heterocycles. The summed E-state index contributed by atoms with van der Waals surface area (Å²) in [4.78, 5) is 15.0. The van der Waals surface area contributed by atoms with Crippen molar-refractivity contribution in [3.63, 3.8) is 0 Å². The Kier molecular flexibility index (Phi) is 4.83. The lowest BCUT2D eigenvalue weighted by Crippen LogP contribution is -2.17. The van der Waals surface area contributed by atoms with Crippen molar-refractivity contribution < 1.29 is 4.42 Å². The van der Waals surface area contributed by atoms with Crippen molar-refractivity contribution in [2.24, 2.45) is 0 Å². The first-order valence-corrected chi connectivity index (χ1v) is 13.5. The van der Waals surface area contributed by atoms with Gasteiger partial charge in [0.2, 0.25) is 0 Å². The average molecular weight is 516 g/mol. The van der Waals surface area contributed by atoms with Gasteiger partial charge in [0.05, 0.1) is 17.1 Å². The summed E-state index contributed by atoms with van der Waals surface area (Å²) in [6, 6.07) is 37.5. The van der Waals surface area contributed by atoms with Crippen LogP contribution in [0.25, 0.3) is 67.1 Å². The first kappa shape index (κ1) is 22.9. The maximum atomic E-state index is 6.29. The van der Waals surface area contributed by atoms with Crippen molar-refractivity contribution in [1.29, 1.82) is 0 Å². The van der Waals surface area contributed by atoms with E-state index in [-0.39, 0.29) is 5.41 Å². The van der Waals surface area contributed by atoms with Crippen LogP contribution in [0.5, 0.6) is 0 Å². The van der Waals surface area contributed by atoms with Gasteiger partial charge in [0.1, 0.15) is 11.2 Å². The summed E-state index contributed by atoms with van der Waals surface area (Å²) in [5.41, 5.74) is 11.0. The Morgan fingerprint density at radius 2 is 1.30 bits per heavy atom. The van der Waals surface area contributed by atoms with Crippen LogP contribution in [0.15, 0.2) is 120 Å². The van der Waals surface area contributed by atoms with E-state index in [0.29, 0.717) is 5.82 Å². The normalized spacial score (nSPS) is 13.4. The van der Waals surface area contributed by atoms with Crippen LogP contribution in [0, 0.1) is 0 Å². The Labute approximate surface area is 232 Å². The van der Waals surface area contributed by atoms with E-state index in [2.05, 4.69) is 91.6 Å². The number of fused-ring (bicyclic) bond motifs is 6. The minimum atomic E-state index is -0.230. The fourth-order valence-electron chi connectivity index (χ4n) is 6.21. The van der Waals surface area contributed by atoms with E-state index in [1.54, 1.807) is 0 Å². The van der Waals surface area contributed by atoms with Crippen molar-refractivity contribution in [3.05, 3.63) is 127 Å². The van der Waals surface area contributed by atoms with Crippen LogP contribution in [0.1, 0.15) is 25.0 Å². The first-order chi connectivity index (χ1) is 19.6. The fraction of sp³-hybridized carbons (Fsp3) is 0.0833. The van der Waals surface area contributed by atoms with Crippen LogP contribution in [0.4, 0.5) is 0 Å². The van der Waals surface area contributed by atoms with Gasteiger partial charge in [0.15, 0.2) is 5.82 Å². The highest BCUT2D eigenvalue weighted by Crippen LogP contribution is 2.51. The topological polar surface area (TPSA) is 51.8 Å². The van der Waals surface area contributed by atoms with E-state index >= 15 is 0 Å². The first-order valence-electron chi connectivity index (χ1n) is 13.5. The molecule has 7 aromatic rings. The van der Waals surface area contributed by atoms with Crippen molar-refractivity contribution in [3.8, 4) is 45.2 Å². The second-order valence-corrected chi connectivity index (χ2v) is 10.9. The number of hydrogen-bond acceptors (Lipinski definition) is 4. The molecule has 0 atom stereocenters. The molecule has 0 amide bonds. The Hall–Kier alpha value is -5.09. The highest BCUT2D eigenvalue weighted by atomic mass is 16.3. The monoisotopic (exact) mass is 515 g/mol. The minimum absolute atomic E-state index is 0.230. The zero-order chi connectivity index (χ0) is 26.8. The average Bonchev–Trinajstić information content (AvgIpc) is 3.50. The molecule has 0 radical (unpaired) electrons. The van der Waals surface area contributed by atoms with Gasteiger partial charge in [-0.3, -0.25) is 4.98 Å². The van der Waals surface area contributed by atoms with E-state index in [0.717, 1.165) is 66.8 Å². The molecule has 3 aromatic heterocycles. The lowest BCUT2D eigenvalue weighted by molar-refractivity contribution is 0.657. The van der Waals surface area contributed by atoms with Crippen LogP contribution in [0.2, 0.25) is 0 Å². The largest absolute Gasteiger partial charge is 0.455 e. The number of aromatic nitrogens is 3. The number of para-hydroxylation sites is 2. The maximum Gasteiger partial charge on any atom is 0.160 e. The fourth-order valence-corrected chi connectivity index (χ4v) is 6.21. The van der Waals surface area contributed by atoms with Crippen molar-refractivity contribution in [2.75, 3.05) is 0 Å². The van der Waals surface area contributed by atoms with Gasteiger partial charge in [-0.25, -0.2) is 9.97 Å². The number of hydrogen-bond donors (Lipinski definition) is 0. The summed E-state index contributed by atoms with van der Waals surface area (Å²) in [7, 11) is 0. The Bertz CT molecular complexity index is 2070. The highest BCUT2D eigenvalue weighted by Gasteiger charge is 2.40. The molecule has 40 heavy (non-hydrogen) atoms. The lowest BCUT2D eigenvalue weighted by atomic mass is 9.81. The van der Waals surface area contributed by atoms with Crippen LogP contribution in [0.3, 0.4) is 0 Å². The predicted molar refractivity (Wildman–Crippen MR) is 161 cm³/mol. The summed E-state index contributed by atoms with van der Waals surface area (Å²) < 4.78 is 6.29. The smallest absolute Gasteiger partial charge is 0.160 e. The van der Waals surface area contributed by atoms with Gasteiger partial charge in [0, 0.05) is 44.6 Å². The van der Waals surface area contributed by atoms with Crippen molar-refractivity contribution in [1.82, 2.24) is 15.0 Å². The van der Waals surface area contributed by atoms with Crippen molar-refractivity contribution in [2.45, 2.75) is 19.3 Å². The highest BCUT2D eigenvalue weighted by molar-refractivity contribution is 6.09. The van der Waals surface area contributed by atoms with Crippen molar-refractivity contribution >= 4 is 21.9 Å². The third kappa shape index (κ3) is 3.29. The number of furan rings is 1. The Morgan fingerprint density at radius 3 is 2.15 bits per heavy atom. The third-order valence-corrected chi connectivity index (χ3v) is 8.16. The van der Waals surface area contributed by atoms with Crippen LogP contribution < -0.4 is 0 Å². The molecule has 4 aromatic carbocycles. The zero-order valence-electron chi connectivity index (χ0n) is 22.2. The van der Waals surface area contributed by atoms with E-state index in [1.165, 1.54) is 5.56 Å². The number of pyridine rings is 1. The second kappa shape index (κ2) is 8.45. The predicted octanol–water partition coefficient (Wildman–Crippen LogP) is 9.08. The number of rotatable bonds is 3. The quantitative estimate of drug-likeness (QED) is 0.235. The minimum Gasteiger partial charge on any atom is -0.455 e. The second-order valence-electron chi connectivity index (χ2n) is 10.9. The van der Waals surface area contributed by atoms with Crippen LogP contribution in [-0.4, -0.2) is 15.0 Å². The molecule has 1 aliphatic rings. The Balaban J connectivity index is 1.29. The van der Waals surface area contributed by atoms with Gasteiger partial charge in [0.25, 0.3) is 0 Å². The summed E-state index contributed by atoms with van der Waals surface area (Å²) >= 11 is 0. The summed E-state index contributed by atoms with van der Waals surface area (Å²) in [5.74, 6) is 0.695. The van der Waals surface area contributed by atoms with Gasteiger partial charge in [-0.1, -0.05) is 105 Å². The molecule has 0 unspecified atom stereocenters. The molecule has 0 saturated heterocycles. The van der Waals surface area contributed by atoms with E-state index < -0.39 is 0 Å². The third-order valence-electron chi connectivity index (χ3n) is 8.16. The summed E-state index contributed by atoms with van der Waals surface area (Å²) in [5, 5.41) is 2.26. The van der Waals surface area contributed by atoms with Gasteiger partial charge < -0.3 is 4.42 Å². The van der Waals surface area contributed by atoms with E-state index in [1.807, 2.05) is 42.6 Å². The molecular weight excluding hydrogens is 490 g/mol. The summed E-state index contributed by atoms with van der Waals surface area (Å²) in [6.45, 7) is 4.50. The molecule has 0 saturated carbocycles. The molecule has 0 spiro atoms. The maximum absolute atomic E-state index is 6.29. The van der Waals surface area contributed by atoms with Gasteiger partial charge in [-0.05, 0) is 29.3 Å². The molecule has 3 heterocycles.